The lowest BCUT2D eigenvalue weighted by atomic mass is 9.99. The number of halogens is 2. The molecule has 0 amide bonds. The van der Waals surface area contributed by atoms with E-state index >= 15 is 0 Å². The van der Waals surface area contributed by atoms with Crippen molar-refractivity contribution in [1.82, 2.24) is 10.3 Å². The average molecular weight is 307 g/mol. The molecule has 4 heteroatoms. The number of aryl methyl sites for hydroxylation is 1. The molecule has 1 atom stereocenters. The lowest BCUT2D eigenvalue weighted by Gasteiger charge is -2.20. The third-order valence-electron chi connectivity index (χ3n) is 3.49. The second-order valence-corrected chi connectivity index (χ2v) is 5.52. The van der Waals surface area contributed by atoms with Crippen LogP contribution >= 0.6 is 11.6 Å². The van der Waals surface area contributed by atoms with Gasteiger partial charge in [-0.05, 0) is 50.1 Å². The van der Waals surface area contributed by atoms with Crippen molar-refractivity contribution in [2.24, 2.45) is 0 Å². The maximum Gasteiger partial charge on any atom is 0.127 e. The van der Waals surface area contributed by atoms with Crippen molar-refractivity contribution in [3.05, 3.63) is 64.2 Å². The first-order valence-corrected chi connectivity index (χ1v) is 7.59. The summed E-state index contributed by atoms with van der Waals surface area (Å²) in [5, 5.41) is 3.91. The Morgan fingerprint density at radius 1 is 1.29 bits per heavy atom. The third kappa shape index (κ3) is 4.02. The standard InChI is InChI=1S/C17H20ClFN2/c1-3-9-20-16(17-12(2)6-5-10-21-17)11-13-14(18)7-4-8-15(13)19/h4-8,10,16,20H,3,9,11H2,1-2H3. The van der Waals surface area contributed by atoms with Crippen LogP contribution in [0.2, 0.25) is 5.02 Å². The van der Waals surface area contributed by atoms with E-state index in [9.17, 15) is 4.39 Å². The number of rotatable bonds is 6. The molecule has 1 N–H and O–H groups in total. The highest BCUT2D eigenvalue weighted by atomic mass is 35.5. The number of benzene rings is 1. The summed E-state index contributed by atoms with van der Waals surface area (Å²) in [5.74, 6) is -0.264. The van der Waals surface area contributed by atoms with Gasteiger partial charge in [0.2, 0.25) is 0 Å². The monoisotopic (exact) mass is 306 g/mol. The Morgan fingerprint density at radius 2 is 2.10 bits per heavy atom. The Kier molecular flexibility index (Phi) is 5.71. The topological polar surface area (TPSA) is 24.9 Å². The summed E-state index contributed by atoms with van der Waals surface area (Å²) in [6, 6.07) is 8.69. The van der Waals surface area contributed by atoms with Gasteiger partial charge in [-0.1, -0.05) is 30.7 Å². The molecular formula is C17H20ClFN2. The Hall–Kier alpha value is -1.45. The van der Waals surface area contributed by atoms with Crippen LogP contribution in [-0.4, -0.2) is 11.5 Å². The smallest absolute Gasteiger partial charge is 0.127 e. The van der Waals surface area contributed by atoms with Crippen molar-refractivity contribution < 1.29 is 4.39 Å². The summed E-state index contributed by atoms with van der Waals surface area (Å²) in [6.07, 6.45) is 3.27. The molecule has 21 heavy (non-hydrogen) atoms. The number of nitrogens with zero attached hydrogens (tertiary/aromatic N) is 1. The van der Waals surface area contributed by atoms with Crippen molar-refractivity contribution in [3.63, 3.8) is 0 Å². The minimum Gasteiger partial charge on any atom is -0.308 e. The van der Waals surface area contributed by atoms with E-state index in [1.807, 2.05) is 19.1 Å². The molecule has 0 spiro atoms. The Balaban J connectivity index is 2.31. The zero-order chi connectivity index (χ0) is 15.2. The molecule has 112 valence electrons. The molecule has 1 unspecified atom stereocenters. The van der Waals surface area contributed by atoms with Crippen molar-refractivity contribution >= 4 is 11.6 Å². The summed E-state index contributed by atoms with van der Waals surface area (Å²) in [7, 11) is 0. The fourth-order valence-corrected chi connectivity index (χ4v) is 2.62. The van der Waals surface area contributed by atoms with Gasteiger partial charge in [-0.25, -0.2) is 4.39 Å². The Bertz CT molecular complexity index is 581. The predicted molar refractivity (Wildman–Crippen MR) is 85.1 cm³/mol. The fraction of sp³-hybridized carbons (Fsp3) is 0.353. The number of hydrogen-bond donors (Lipinski definition) is 1. The first-order chi connectivity index (χ1) is 10.1. The summed E-state index contributed by atoms with van der Waals surface area (Å²) < 4.78 is 14.0. The van der Waals surface area contributed by atoms with E-state index in [1.54, 1.807) is 18.3 Å². The van der Waals surface area contributed by atoms with Gasteiger partial charge in [-0.15, -0.1) is 0 Å². The highest BCUT2D eigenvalue weighted by molar-refractivity contribution is 6.31. The van der Waals surface area contributed by atoms with Crippen molar-refractivity contribution in [1.29, 1.82) is 0 Å². The molecule has 1 aromatic heterocycles. The zero-order valence-electron chi connectivity index (χ0n) is 12.4. The molecule has 0 aliphatic rings. The molecule has 0 saturated carbocycles. The molecule has 1 heterocycles. The van der Waals surface area contributed by atoms with Gasteiger partial charge >= 0.3 is 0 Å². The first kappa shape index (κ1) is 15.9. The SMILES string of the molecule is CCCNC(Cc1c(F)cccc1Cl)c1ncccc1C. The van der Waals surface area contributed by atoms with Crippen LogP contribution in [0.3, 0.4) is 0 Å². The van der Waals surface area contributed by atoms with Crippen molar-refractivity contribution in [2.45, 2.75) is 32.7 Å². The molecule has 2 aromatic rings. The van der Waals surface area contributed by atoms with Crippen LogP contribution in [0.5, 0.6) is 0 Å². The maximum atomic E-state index is 14.0. The number of pyridine rings is 1. The maximum absolute atomic E-state index is 14.0. The summed E-state index contributed by atoms with van der Waals surface area (Å²) in [5.41, 5.74) is 2.58. The van der Waals surface area contributed by atoms with Gasteiger partial charge in [-0.2, -0.15) is 0 Å². The molecule has 0 saturated heterocycles. The minimum absolute atomic E-state index is 0.0412. The zero-order valence-corrected chi connectivity index (χ0v) is 13.1. The highest BCUT2D eigenvalue weighted by Gasteiger charge is 2.18. The molecule has 2 rings (SSSR count). The normalized spacial score (nSPS) is 12.4. The quantitative estimate of drug-likeness (QED) is 0.852. The highest BCUT2D eigenvalue weighted by Crippen LogP contribution is 2.26. The predicted octanol–water partition coefficient (Wildman–Crippen LogP) is 4.47. The minimum atomic E-state index is -0.264. The average Bonchev–Trinajstić information content (AvgIpc) is 2.47. The first-order valence-electron chi connectivity index (χ1n) is 7.21. The second-order valence-electron chi connectivity index (χ2n) is 5.12. The second kappa shape index (κ2) is 7.53. The van der Waals surface area contributed by atoms with E-state index in [-0.39, 0.29) is 11.9 Å². The molecule has 0 aliphatic heterocycles. The lowest BCUT2D eigenvalue weighted by molar-refractivity contribution is 0.501. The van der Waals surface area contributed by atoms with E-state index < -0.39 is 0 Å². The van der Waals surface area contributed by atoms with Crippen LogP contribution in [0.4, 0.5) is 4.39 Å². The van der Waals surface area contributed by atoms with Crippen molar-refractivity contribution in [2.75, 3.05) is 6.54 Å². The molecular weight excluding hydrogens is 287 g/mol. The largest absolute Gasteiger partial charge is 0.308 e. The fourth-order valence-electron chi connectivity index (χ4n) is 2.38. The van der Waals surface area contributed by atoms with Gasteiger partial charge in [0.15, 0.2) is 0 Å². The molecule has 0 aliphatic carbocycles. The van der Waals surface area contributed by atoms with Gasteiger partial charge in [0.25, 0.3) is 0 Å². The summed E-state index contributed by atoms with van der Waals surface area (Å²) in [4.78, 5) is 4.46. The van der Waals surface area contributed by atoms with Gasteiger partial charge in [0.05, 0.1) is 11.7 Å². The van der Waals surface area contributed by atoms with Gasteiger partial charge < -0.3 is 5.32 Å². The van der Waals surface area contributed by atoms with E-state index in [4.69, 9.17) is 11.6 Å². The summed E-state index contributed by atoms with van der Waals surface area (Å²) in [6.45, 7) is 4.98. The number of nitrogens with one attached hydrogen (secondary N) is 1. The molecule has 2 nitrogen and oxygen atoms in total. The number of hydrogen-bond acceptors (Lipinski definition) is 2. The molecule has 1 aromatic carbocycles. The van der Waals surface area contributed by atoms with Gasteiger partial charge in [0, 0.05) is 16.8 Å². The van der Waals surface area contributed by atoms with Crippen LogP contribution < -0.4 is 5.32 Å². The van der Waals surface area contributed by atoms with E-state index in [0.717, 1.165) is 24.2 Å². The lowest BCUT2D eigenvalue weighted by Crippen LogP contribution is -2.26. The molecule has 0 bridgehead atoms. The van der Waals surface area contributed by atoms with Crippen molar-refractivity contribution in [3.8, 4) is 0 Å². The Labute approximate surface area is 130 Å². The van der Waals surface area contributed by atoms with Gasteiger partial charge in [0.1, 0.15) is 5.82 Å². The Morgan fingerprint density at radius 3 is 2.76 bits per heavy atom. The third-order valence-corrected chi connectivity index (χ3v) is 3.84. The van der Waals surface area contributed by atoms with E-state index in [1.165, 1.54) is 6.07 Å². The van der Waals surface area contributed by atoms with E-state index in [0.29, 0.717) is 17.0 Å². The van der Waals surface area contributed by atoms with E-state index in [2.05, 4.69) is 17.2 Å². The van der Waals surface area contributed by atoms with Crippen LogP contribution in [0, 0.1) is 12.7 Å². The molecule has 0 fully saturated rings. The summed E-state index contributed by atoms with van der Waals surface area (Å²) >= 11 is 6.15. The van der Waals surface area contributed by atoms with Crippen LogP contribution in [0.1, 0.15) is 36.2 Å². The van der Waals surface area contributed by atoms with Crippen LogP contribution in [-0.2, 0) is 6.42 Å². The van der Waals surface area contributed by atoms with Gasteiger partial charge in [-0.3, -0.25) is 4.98 Å². The molecule has 0 radical (unpaired) electrons. The van der Waals surface area contributed by atoms with Crippen LogP contribution in [0.25, 0.3) is 0 Å². The number of aromatic nitrogens is 1. The van der Waals surface area contributed by atoms with Crippen LogP contribution in [0.15, 0.2) is 36.5 Å².